The van der Waals surface area contributed by atoms with Gasteiger partial charge in [0.25, 0.3) is 0 Å². The summed E-state index contributed by atoms with van der Waals surface area (Å²) in [6.45, 7) is 6.23. The van der Waals surface area contributed by atoms with E-state index in [1.165, 1.54) is 12.1 Å². The number of halogens is 4. The Balaban J connectivity index is 1.74. The molecule has 1 aromatic rings. The molecule has 0 spiro atoms. The van der Waals surface area contributed by atoms with Gasteiger partial charge < -0.3 is 10.6 Å². The fraction of sp³-hybridized carbons (Fsp3) is 0.619. The fourth-order valence-electron chi connectivity index (χ4n) is 3.94. The second kappa shape index (κ2) is 8.74. The monoisotopic (exact) mass is 444 g/mol. The van der Waals surface area contributed by atoms with Gasteiger partial charge in [-0.1, -0.05) is 32.9 Å². The van der Waals surface area contributed by atoms with Crippen LogP contribution in [0.1, 0.15) is 50.8 Å². The SMILES string of the molecule is CC(C)(C)[C@@H](NC(=O)C1CC(=O)NC(N2CC[C@H](F)C2)N1)c1ccc(C(F)(F)F)cc1. The van der Waals surface area contributed by atoms with Gasteiger partial charge in [-0.15, -0.1) is 0 Å². The molecule has 2 aliphatic rings. The van der Waals surface area contributed by atoms with Gasteiger partial charge in [0.15, 0.2) is 0 Å². The standard InChI is InChI=1S/C21H28F4N4O2/c1-20(2,3)17(12-4-6-13(7-5-12)21(23,24)25)28-18(31)15-10-16(30)27-19(26-15)29-9-8-14(22)11-29/h4-7,14-15,17,19,26H,8-11H2,1-3H3,(H,27,30)(H,28,31)/t14-,15?,17-,19?/m0/s1. The molecule has 4 atom stereocenters. The molecule has 2 aliphatic heterocycles. The first-order valence-electron chi connectivity index (χ1n) is 10.3. The molecule has 2 heterocycles. The highest BCUT2D eigenvalue weighted by atomic mass is 19.4. The van der Waals surface area contributed by atoms with Crippen LogP contribution in [0.25, 0.3) is 0 Å². The summed E-state index contributed by atoms with van der Waals surface area (Å²) in [4.78, 5) is 26.9. The Morgan fingerprint density at radius 3 is 2.35 bits per heavy atom. The number of nitrogens with zero attached hydrogens (tertiary/aromatic N) is 1. The maximum atomic E-state index is 13.5. The van der Waals surface area contributed by atoms with Gasteiger partial charge in [0, 0.05) is 13.1 Å². The van der Waals surface area contributed by atoms with Crippen LogP contribution in [-0.2, 0) is 15.8 Å². The molecule has 0 aromatic heterocycles. The number of benzene rings is 1. The zero-order valence-electron chi connectivity index (χ0n) is 17.7. The van der Waals surface area contributed by atoms with Crippen molar-refractivity contribution in [3.63, 3.8) is 0 Å². The molecule has 10 heteroatoms. The number of nitrogens with one attached hydrogen (secondary N) is 3. The Bertz CT molecular complexity index is 807. The van der Waals surface area contributed by atoms with E-state index in [2.05, 4.69) is 16.0 Å². The largest absolute Gasteiger partial charge is 0.416 e. The average molecular weight is 444 g/mol. The van der Waals surface area contributed by atoms with Crippen molar-refractivity contribution in [2.24, 2.45) is 5.41 Å². The van der Waals surface area contributed by atoms with Gasteiger partial charge in [0.1, 0.15) is 12.5 Å². The Labute approximate surface area is 178 Å². The summed E-state index contributed by atoms with van der Waals surface area (Å²) in [5.74, 6) is -0.760. The van der Waals surface area contributed by atoms with Crippen molar-refractivity contribution < 1.29 is 27.2 Å². The third-order valence-electron chi connectivity index (χ3n) is 5.61. The maximum Gasteiger partial charge on any atom is 0.416 e. The Morgan fingerprint density at radius 2 is 1.84 bits per heavy atom. The molecular formula is C21H28F4N4O2. The third-order valence-corrected chi connectivity index (χ3v) is 5.61. The smallest absolute Gasteiger partial charge is 0.347 e. The first-order valence-corrected chi connectivity index (χ1v) is 10.3. The van der Waals surface area contributed by atoms with Crippen molar-refractivity contribution in [2.45, 2.75) is 64.3 Å². The highest BCUT2D eigenvalue weighted by molar-refractivity contribution is 5.89. The third kappa shape index (κ3) is 5.74. The minimum atomic E-state index is -4.44. The molecule has 0 bridgehead atoms. The maximum absolute atomic E-state index is 13.5. The lowest BCUT2D eigenvalue weighted by atomic mass is 9.82. The number of hydrogen-bond acceptors (Lipinski definition) is 4. The predicted octanol–water partition coefficient (Wildman–Crippen LogP) is 2.71. The molecule has 2 fully saturated rings. The summed E-state index contributed by atoms with van der Waals surface area (Å²) in [5, 5.41) is 8.66. The highest BCUT2D eigenvalue weighted by Crippen LogP contribution is 2.35. The van der Waals surface area contributed by atoms with Gasteiger partial charge in [0.2, 0.25) is 11.8 Å². The van der Waals surface area contributed by atoms with Crippen LogP contribution in [0, 0.1) is 5.41 Å². The van der Waals surface area contributed by atoms with E-state index in [0.29, 0.717) is 18.5 Å². The molecule has 0 saturated carbocycles. The molecule has 2 saturated heterocycles. The zero-order chi connectivity index (χ0) is 23.0. The van der Waals surface area contributed by atoms with Gasteiger partial charge in [-0.3, -0.25) is 19.8 Å². The Morgan fingerprint density at radius 1 is 1.19 bits per heavy atom. The predicted molar refractivity (Wildman–Crippen MR) is 106 cm³/mol. The van der Waals surface area contributed by atoms with Gasteiger partial charge in [0.05, 0.1) is 24.1 Å². The summed E-state index contributed by atoms with van der Waals surface area (Å²) < 4.78 is 52.2. The summed E-state index contributed by atoms with van der Waals surface area (Å²) in [6, 6.07) is 3.28. The molecule has 2 unspecified atom stereocenters. The number of rotatable bonds is 4. The molecule has 6 nitrogen and oxygen atoms in total. The molecule has 2 amide bonds. The normalized spacial score (nSPS) is 26.4. The average Bonchev–Trinajstić information content (AvgIpc) is 3.10. The van der Waals surface area contributed by atoms with Crippen LogP contribution in [0.2, 0.25) is 0 Å². The quantitative estimate of drug-likeness (QED) is 0.625. The van der Waals surface area contributed by atoms with Crippen molar-refractivity contribution >= 4 is 11.8 Å². The lowest BCUT2D eigenvalue weighted by molar-refractivity contribution is -0.137. The van der Waals surface area contributed by atoms with Gasteiger partial charge in [-0.2, -0.15) is 13.2 Å². The van der Waals surface area contributed by atoms with Crippen LogP contribution in [0.15, 0.2) is 24.3 Å². The van der Waals surface area contributed by atoms with E-state index in [4.69, 9.17) is 0 Å². The molecule has 172 valence electrons. The molecular weight excluding hydrogens is 416 g/mol. The summed E-state index contributed by atoms with van der Waals surface area (Å²) in [5.41, 5.74) is -0.728. The number of alkyl halides is 4. The van der Waals surface area contributed by atoms with E-state index < -0.39 is 47.6 Å². The zero-order valence-corrected chi connectivity index (χ0v) is 17.7. The van der Waals surface area contributed by atoms with Gasteiger partial charge in [-0.05, 0) is 29.5 Å². The lowest BCUT2D eigenvalue weighted by Gasteiger charge is -2.38. The summed E-state index contributed by atoms with van der Waals surface area (Å²) >= 11 is 0. The second-order valence-electron chi connectivity index (χ2n) is 9.20. The highest BCUT2D eigenvalue weighted by Gasteiger charge is 2.38. The second-order valence-corrected chi connectivity index (χ2v) is 9.20. The van der Waals surface area contributed by atoms with Crippen molar-refractivity contribution in [2.75, 3.05) is 13.1 Å². The molecule has 0 radical (unpaired) electrons. The van der Waals surface area contributed by atoms with E-state index in [0.717, 1.165) is 12.1 Å². The number of carbonyl (C=O) groups is 2. The molecule has 31 heavy (non-hydrogen) atoms. The lowest BCUT2D eigenvalue weighted by Crippen LogP contribution is -2.66. The molecule has 1 aromatic carbocycles. The van der Waals surface area contributed by atoms with Crippen molar-refractivity contribution in [1.29, 1.82) is 0 Å². The Hall–Kier alpha value is -2.20. The van der Waals surface area contributed by atoms with Crippen molar-refractivity contribution in [3.8, 4) is 0 Å². The fourth-order valence-corrected chi connectivity index (χ4v) is 3.94. The van der Waals surface area contributed by atoms with Crippen molar-refractivity contribution in [1.82, 2.24) is 20.9 Å². The number of carbonyl (C=O) groups excluding carboxylic acids is 2. The molecule has 0 aliphatic carbocycles. The van der Waals surface area contributed by atoms with Crippen LogP contribution in [0.3, 0.4) is 0 Å². The van der Waals surface area contributed by atoms with Crippen LogP contribution in [0.4, 0.5) is 17.6 Å². The van der Waals surface area contributed by atoms with E-state index in [9.17, 15) is 27.2 Å². The number of hydrogen-bond donors (Lipinski definition) is 3. The van der Waals surface area contributed by atoms with E-state index in [1.54, 1.807) is 4.90 Å². The van der Waals surface area contributed by atoms with Crippen LogP contribution in [-0.4, -0.2) is 48.3 Å². The van der Waals surface area contributed by atoms with Gasteiger partial charge in [-0.25, -0.2) is 4.39 Å². The van der Waals surface area contributed by atoms with Crippen molar-refractivity contribution in [3.05, 3.63) is 35.4 Å². The Kier molecular flexibility index (Phi) is 6.61. The van der Waals surface area contributed by atoms with Gasteiger partial charge >= 0.3 is 6.18 Å². The van der Waals surface area contributed by atoms with E-state index >= 15 is 0 Å². The minimum absolute atomic E-state index is 0.0842. The molecule has 3 N–H and O–H groups in total. The first-order chi connectivity index (χ1) is 14.3. The topological polar surface area (TPSA) is 73.5 Å². The molecule has 3 rings (SSSR count). The summed E-state index contributed by atoms with van der Waals surface area (Å²) in [6.07, 6.45) is -5.78. The summed E-state index contributed by atoms with van der Waals surface area (Å²) in [7, 11) is 0. The first kappa shape index (κ1) is 23.5. The minimum Gasteiger partial charge on any atom is -0.347 e. The van der Waals surface area contributed by atoms with E-state index in [-0.39, 0.29) is 18.9 Å². The van der Waals surface area contributed by atoms with Crippen LogP contribution >= 0.6 is 0 Å². The number of likely N-dealkylation sites (tertiary alicyclic amines) is 1. The van der Waals surface area contributed by atoms with Crippen LogP contribution in [0.5, 0.6) is 0 Å². The van der Waals surface area contributed by atoms with E-state index in [1.807, 2.05) is 20.8 Å². The van der Waals surface area contributed by atoms with Crippen LogP contribution < -0.4 is 16.0 Å². The number of amides is 2.